The molecule has 0 aliphatic carbocycles. The molecule has 2 rings (SSSR count). The van der Waals surface area contributed by atoms with Gasteiger partial charge >= 0.3 is 0 Å². The zero-order valence-electron chi connectivity index (χ0n) is 9.67. The number of rotatable bonds is 4. The Labute approximate surface area is 111 Å². The molecule has 0 amide bonds. The first-order valence-corrected chi connectivity index (χ1v) is 7.64. The number of aromatic nitrogens is 1. The van der Waals surface area contributed by atoms with Crippen molar-refractivity contribution >= 4 is 33.1 Å². The zero-order chi connectivity index (χ0) is 13.0. The second-order valence-corrected chi connectivity index (χ2v) is 6.14. The van der Waals surface area contributed by atoms with Gasteiger partial charge in [0.2, 0.25) is 10.0 Å². The Balaban J connectivity index is 2.05. The standard InChI is InChI=1S/C10H14ClN3O3S/c11-8-18(15,16)13-9-1-2-10(12-7-9)14-3-5-17-6-4-14/h1-2,7,13H,3-6,8H2. The van der Waals surface area contributed by atoms with Gasteiger partial charge in [-0.05, 0) is 12.1 Å². The lowest BCUT2D eigenvalue weighted by molar-refractivity contribution is 0.122. The fourth-order valence-corrected chi connectivity index (χ4v) is 2.33. The molecule has 0 spiro atoms. The summed E-state index contributed by atoms with van der Waals surface area (Å²) in [4.78, 5) is 6.31. The Morgan fingerprint density at radius 3 is 2.67 bits per heavy atom. The second-order valence-electron chi connectivity index (χ2n) is 3.83. The van der Waals surface area contributed by atoms with Crippen molar-refractivity contribution in [3.63, 3.8) is 0 Å². The molecule has 0 aromatic carbocycles. The smallest absolute Gasteiger partial charge is 0.246 e. The molecule has 1 aromatic heterocycles. The molecule has 0 bridgehead atoms. The average Bonchev–Trinajstić information content (AvgIpc) is 2.40. The highest BCUT2D eigenvalue weighted by atomic mass is 35.5. The van der Waals surface area contributed by atoms with Crippen molar-refractivity contribution in [2.75, 3.05) is 41.1 Å². The van der Waals surface area contributed by atoms with Crippen molar-refractivity contribution in [1.29, 1.82) is 0 Å². The SMILES string of the molecule is O=S(=O)(CCl)Nc1ccc(N2CCOCC2)nc1. The van der Waals surface area contributed by atoms with Crippen molar-refractivity contribution in [1.82, 2.24) is 4.98 Å². The number of hydrogen-bond donors (Lipinski definition) is 1. The van der Waals surface area contributed by atoms with Crippen molar-refractivity contribution in [2.24, 2.45) is 0 Å². The molecule has 1 aliphatic heterocycles. The summed E-state index contributed by atoms with van der Waals surface area (Å²) in [5, 5.41) is -0.474. The van der Waals surface area contributed by atoms with Crippen LogP contribution in [0.25, 0.3) is 0 Å². The highest BCUT2D eigenvalue weighted by molar-refractivity contribution is 7.93. The van der Waals surface area contributed by atoms with Crippen LogP contribution in [0.1, 0.15) is 0 Å². The quantitative estimate of drug-likeness (QED) is 0.833. The molecular weight excluding hydrogens is 278 g/mol. The fourth-order valence-electron chi connectivity index (χ4n) is 1.63. The Bertz CT molecular complexity index is 486. The van der Waals surface area contributed by atoms with Crippen LogP contribution < -0.4 is 9.62 Å². The van der Waals surface area contributed by atoms with E-state index < -0.39 is 15.2 Å². The number of hydrogen-bond acceptors (Lipinski definition) is 5. The summed E-state index contributed by atoms with van der Waals surface area (Å²) >= 11 is 5.30. The first-order chi connectivity index (χ1) is 8.61. The number of ether oxygens (including phenoxy) is 1. The van der Waals surface area contributed by atoms with Crippen LogP contribution in [0.2, 0.25) is 0 Å². The highest BCUT2D eigenvalue weighted by Crippen LogP contribution is 2.16. The van der Waals surface area contributed by atoms with E-state index in [1.807, 2.05) is 0 Å². The average molecular weight is 292 g/mol. The van der Waals surface area contributed by atoms with Crippen molar-refractivity contribution in [3.8, 4) is 0 Å². The topological polar surface area (TPSA) is 71.5 Å². The number of sulfonamides is 1. The normalized spacial score (nSPS) is 16.6. The number of anilines is 2. The maximum Gasteiger partial charge on any atom is 0.246 e. The van der Waals surface area contributed by atoms with E-state index in [0.29, 0.717) is 18.9 Å². The molecule has 8 heteroatoms. The van der Waals surface area contributed by atoms with E-state index in [4.69, 9.17) is 16.3 Å². The van der Waals surface area contributed by atoms with Crippen LogP contribution in [0, 0.1) is 0 Å². The molecule has 1 aliphatic rings. The highest BCUT2D eigenvalue weighted by Gasteiger charge is 2.13. The molecule has 18 heavy (non-hydrogen) atoms. The molecule has 0 atom stereocenters. The molecule has 1 aromatic rings. The minimum atomic E-state index is -3.47. The summed E-state index contributed by atoms with van der Waals surface area (Å²) < 4.78 is 30.1. The van der Waals surface area contributed by atoms with Crippen LogP contribution in [0.4, 0.5) is 11.5 Å². The van der Waals surface area contributed by atoms with E-state index in [-0.39, 0.29) is 0 Å². The molecule has 0 radical (unpaired) electrons. The van der Waals surface area contributed by atoms with Gasteiger partial charge in [-0.1, -0.05) is 0 Å². The van der Waals surface area contributed by atoms with Gasteiger partial charge in [-0.2, -0.15) is 0 Å². The van der Waals surface area contributed by atoms with Gasteiger partial charge in [0.15, 0.2) is 0 Å². The van der Waals surface area contributed by atoms with E-state index in [1.54, 1.807) is 12.1 Å². The van der Waals surface area contributed by atoms with E-state index in [1.165, 1.54) is 6.20 Å². The van der Waals surface area contributed by atoms with Gasteiger partial charge in [0.1, 0.15) is 11.0 Å². The van der Waals surface area contributed by atoms with Crippen molar-refractivity contribution in [3.05, 3.63) is 18.3 Å². The van der Waals surface area contributed by atoms with Gasteiger partial charge in [-0.25, -0.2) is 13.4 Å². The van der Waals surface area contributed by atoms with E-state index in [0.717, 1.165) is 18.9 Å². The number of pyridine rings is 1. The van der Waals surface area contributed by atoms with Crippen LogP contribution >= 0.6 is 11.6 Å². The predicted molar refractivity (Wildman–Crippen MR) is 70.5 cm³/mol. The summed E-state index contributed by atoms with van der Waals surface area (Å²) in [5.74, 6) is 0.812. The van der Waals surface area contributed by atoms with Crippen LogP contribution in [-0.2, 0) is 14.8 Å². The minimum absolute atomic E-state index is 0.410. The fraction of sp³-hybridized carbons (Fsp3) is 0.500. The molecule has 1 fully saturated rings. The third kappa shape index (κ3) is 3.47. The van der Waals surface area contributed by atoms with Crippen molar-refractivity contribution in [2.45, 2.75) is 0 Å². The lowest BCUT2D eigenvalue weighted by atomic mass is 10.3. The molecule has 1 saturated heterocycles. The zero-order valence-corrected chi connectivity index (χ0v) is 11.2. The summed E-state index contributed by atoms with van der Waals surface area (Å²) in [5.41, 5.74) is 0.410. The number of morpholine rings is 1. The molecule has 0 unspecified atom stereocenters. The van der Waals surface area contributed by atoms with Crippen LogP contribution in [0.3, 0.4) is 0 Å². The second kappa shape index (κ2) is 5.73. The van der Waals surface area contributed by atoms with Gasteiger partial charge in [0.05, 0.1) is 25.1 Å². The molecular formula is C10H14ClN3O3S. The first kappa shape index (κ1) is 13.4. The van der Waals surface area contributed by atoms with E-state index in [9.17, 15) is 8.42 Å². The monoisotopic (exact) mass is 291 g/mol. The Morgan fingerprint density at radius 1 is 1.39 bits per heavy atom. The Morgan fingerprint density at radius 2 is 2.11 bits per heavy atom. The maximum absolute atomic E-state index is 11.3. The molecule has 2 heterocycles. The van der Waals surface area contributed by atoms with E-state index >= 15 is 0 Å². The van der Waals surface area contributed by atoms with Gasteiger partial charge in [0, 0.05) is 13.1 Å². The predicted octanol–water partition coefficient (Wildman–Crippen LogP) is 0.856. The van der Waals surface area contributed by atoms with Gasteiger partial charge < -0.3 is 9.64 Å². The summed E-state index contributed by atoms with van der Waals surface area (Å²) in [6.45, 7) is 2.95. The largest absolute Gasteiger partial charge is 0.378 e. The third-order valence-corrected chi connectivity index (χ3v) is 4.20. The Hall–Kier alpha value is -1.05. The van der Waals surface area contributed by atoms with Gasteiger partial charge in [0.25, 0.3) is 0 Å². The van der Waals surface area contributed by atoms with Crippen LogP contribution in [0.5, 0.6) is 0 Å². The van der Waals surface area contributed by atoms with Gasteiger partial charge in [-0.15, -0.1) is 11.6 Å². The lowest BCUT2D eigenvalue weighted by Crippen LogP contribution is -2.36. The molecule has 0 saturated carbocycles. The third-order valence-electron chi connectivity index (χ3n) is 2.50. The summed E-state index contributed by atoms with van der Waals surface area (Å²) in [7, 11) is -3.47. The maximum atomic E-state index is 11.3. The number of nitrogens with zero attached hydrogens (tertiary/aromatic N) is 2. The first-order valence-electron chi connectivity index (χ1n) is 5.46. The summed E-state index contributed by atoms with van der Waals surface area (Å²) in [6.07, 6.45) is 1.48. The number of nitrogens with one attached hydrogen (secondary N) is 1. The lowest BCUT2D eigenvalue weighted by Gasteiger charge is -2.27. The summed E-state index contributed by atoms with van der Waals surface area (Å²) in [6, 6.07) is 3.44. The molecule has 6 nitrogen and oxygen atoms in total. The van der Waals surface area contributed by atoms with E-state index in [2.05, 4.69) is 14.6 Å². The van der Waals surface area contributed by atoms with Crippen molar-refractivity contribution < 1.29 is 13.2 Å². The van der Waals surface area contributed by atoms with Crippen LogP contribution in [-0.4, -0.2) is 44.9 Å². The van der Waals surface area contributed by atoms with Crippen LogP contribution in [0.15, 0.2) is 18.3 Å². The number of alkyl halides is 1. The Kier molecular flexibility index (Phi) is 4.26. The molecule has 100 valence electrons. The molecule has 1 N–H and O–H groups in total. The van der Waals surface area contributed by atoms with Gasteiger partial charge in [-0.3, -0.25) is 4.72 Å². The number of halogens is 1. The minimum Gasteiger partial charge on any atom is -0.378 e.